The third-order valence-corrected chi connectivity index (χ3v) is 7.73. The van der Waals surface area contributed by atoms with Gasteiger partial charge in [-0.15, -0.1) is 0 Å². The highest BCUT2D eigenvalue weighted by Gasteiger charge is 2.29. The quantitative estimate of drug-likeness (QED) is 0.0182. The number of nitrogens with two attached hydrogens (primary N) is 8. The van der Waals surface area contributed by atoms with Crippen LogP contribution in [-0.2, 0) is 33.6 Å². The molecule has 324 valence electrons. The topological polar surface area (TPSA) is 477 Å². The number of aliphatic carboxylic acids is 1. The average Bonchev–Trinajstić information content (AvgIpc) is 3.14. The Morgan fingerprint density at radius 3 is 1.44 bits per heavy atom. The van der Waals surface area contributed by atoms with Crippen molar-refractivity contribution in [1.82, 2.24) is 31.9 Å². The van der Waals surface area contributed by atoms with Crippen molar-refractivity contribution >= 4 is 59.3 Å². The maximum Gasteiger partial charge on any atom is 0.326 e. The van der Waals surface area contributed by atoms with Crippen LogP contribution in [0.5, 0.6) is 0 Å². The highest BCUT2D eigenvalue weighted by Crippen LogP contribution is 2.05. The number of aliphatic hydroxyl groups is 1. The lowest BCUT2D eigenvalue weighted by Crippen LogP contribution is -2.57. The van der Waals surface area contributed by atoms with E-state index in [1.54, 1.807) is 0 Å². The molecule has 0 fully saturated rings. The zero-order valence-electron chi connectivity index (χ0n) is 31.9. The van der Waals surface area contributed by atoms with Gasteiger partial charge in [-0.1, -0.05) is 0 Å². The molecule has 5 atom stereocenters. The van der Waals surface area contributed by atoms with E-state index in [4.69, 9.17) is 45.9 Å². The molecule has 26 heteroatoms. The summed E-state index contributed by atoms with van der Waals surface area (Å²) in [4.78, 5) is 100.0. The van der Waals surface area contributed by atoms with Crippen molar-refractivity contribution in [2.24, 2.45) is 60.8 Å². The van der Waals surface area contributed by atoms with Gasteiger partial charge >= 0.3 is 5.97 Å². The molecule has 6 amide bonds. The summed E-state index contributed by atoms with van der Waals surface area (Å²) >= 11 is 0. The van der Waals surface area contributed by atoms with Crippen LogP contribution in [0.4, 0.5) is 0 Å². The number of aliphatic hydroxyl groups excluding tert-OH is 1. The first-order valence-corrected chi connectivity index (χ1v) is 18.1. The van der Waals surface area contributed by atoms with E-state index in [0.717, 1.165) is 0 Å². The van der Waals surface area contributed by atoms with E-state index in [-0.39, 0.29) is 76.0 Å². The fourth-order valence-corrected chi connectivity index (χ4v) is 4.74. The molecule has 0 heterocycles. The summed E-state index contributed by atoms with van der Waals surface area (Å²) in [7, 11) is 0. The third-order valence-electron chi connectivity index (χ3n) is 7.73. The summed E-state index contributed by atoms with van der Waals surface area (Å²) < 4.78 is 0. The van der Waals surface area contributed by atoms with Gasteiger partial charge in [-0.25, -0.2) is 4.79 Å². The summed E-state index contributed by atoms with van der Waals surface area (Å²) in [6.45, 7) is -1.44. The number of hydrogen-bond acceptors (Lipinski definition) is 13. The number of nitrogens with one attached hydrogen (secondary N) is 6. The lowest BCUT2D eigenvalue weighted by atomic mass is 10.1. The van der Waals surface area contributed by atoms with E-state index >= 15 is 0 Å². The molecule has 0 bridgehead atoms. The van der Waals surface area contributed by atoms with Crippen LogP contribution in [0, 0.1) is 0 Å². The van der Waals surface area contributed by atoms with Gasteiger partial charge in [0.15, 0.2) is 17.9 Å². The van der Waals surface area contributed by atoms with Gasteiger partial charge in [-0.3, -0.25) is 43.7 Å². The summed E-state index contributed by atoms with van der Waals surface area (Å²) in [5, 5.41) is 33.5. The molecule has 24 N–H and O–H groups in total. The molecule has 0 spiro atoms. The van der Waals surface area contributed by atoms with Crippen LogP contribution in [0.1, 0.15) is 57.8 Å². The second kappa shape index (κ2) is 29.3. The molecule has 0 rings (SSSR count). The smallest absolute Gasteiger partial charge is 0.326 e. The van der Waals surface area contributed by atoms with Gasteiger partial charge in [-0.2, -0.15) is 0 Å². The zero-order valence-corrected chi connectivity index (χ0v) is 31.9. The fourth-order valence-electron chi connectivity index (χ4n) is 4.74. The highest BCUT2D eigenvalue weighted by molar-refractivity contribution is 5.95. The zero-order chi connectivity index (χ0) is 43.3. The van der Waals surface area contributed by atoms with Crippen LogP contribution in [0.15, 0.2) is 15.0 Å². The predicted molar refractivity (Wildman–Crippen MR) is 209 cm³/mol. The Morgan fingerprint density at radius 1 is 0.509 bits per heavy atom. The Balaban J connectivity index is 5.30. The van der Waals surface area contributed by atoms with E-state index in [9.17, 15) is 43.8 Å². The number of carboxylic acid groups (broad SMARTS) is 1. The number of rotatable bonds is 30. The first-order valence-electron chi connectivity index (χ1n) is 18.1. The Hall–Kier alpha value is -6.02. The van der Waals surface area contributed by atoms with Gasteiger partial charge in [0.1, 0.15) is 24.2 Å². The van der Waals surface area contributed by atoms with Crippen LogP contribution in [-0.4, -0.2) is 146 Å². The third kappa shape index (κ3) is 24.9. The van der Waals surface area contributed by atoms with E-state index in [1.165, 1.54) is 0 Å². The maximum absolute atomic E-state index is 13.2. The van der Waals surface area contributed by atoms with Gasteiger partial charge in [0.25, 0.3) is 0 Å². The molecular weight excluding hydrogens is 754 g/mol. The standard InChI is InChI=1S/C31H61N17O9/c32-10-2-1-7-18(26(54)47-20(28(56)57)9-5-13-42-31(38)39)45-23(51)15-43-22(50)14-44-25(53)21(16-49)48-27(55)19(8-4-12-41-30(36)37)46-24(52)17(33)6-3-11-40-29(34)35/h17-21,49H,1-16,32-33H2,(H,43,50)(H,44,53)(H,45,51)(H,46,52)(H,47,54)(H,48,55)(H,56,57)(H4,34,35,40)(H4,36,37,41)(H4,38,39,42)/t17-,18+,19+,20+,21+/m0/s1. The largest absolute Gasteiger partial charge is 0.480 e. The number of hydrogen-bond donors (Lipinski definition) is 16. The molecule has 0 aromatic rings. The highest BCUT2D eigenvalue weighted by atomic mass is 16.4. The van der Waals surface area contributed by atoms with Crippen LogP contribution >= 0.6 is 0 Å². The Kier molecular flexibility index (Phi) is 26.2. The number of unbranched alkanes of at least 4 members (excludes halogenated alkanes) is 1. The predicted octanol–water partition coefficient (Wildman–Crippen LogP) is -8.15. The SMILES string of the molecule is NCCCC[C@@H](NC(=O)CNC(=O)CNC(=O)[C@@H](CO)NC(=O)[C@@H](CCCN=C(N)N)NC(=O)[C@@H](N)CCCN=C(N)N)C(=O)N[C@H](CCCN=C(N)N)C(=O)O. The first-order chi connectivity index (χ1) is 26.9. The van der Waals surface area contributed by atoms with Gasteiger partial charge in [0, 0.05) is 19.6 Å². The minimum absolute atomic E-state index is 0.000113. The summed E-state index contributed by atoms with van der Waals surface area (Å²) in [6.07, 6.45) is 2.06. The van der Waals surface area contributed by atoms with Crippen LogP contribution in [0.3, 0.4) is 0 Å². The van der Waals surface area contributed by atoms with Gasteiger partial charge in [0.05, 0.1) is 25.7 Å². The van der Waals surface area contributed by atoms with Crippen molar-refractivity contribution in [3.8, 4) is 0 Å². The second-order valence-electron chi connectivity index (χ2n) is 12.6. The van der Waals surface area contributed by atoms with Crippen molar-refractivity contribution in [1.29, 1.82) is 0 Å². The van der Waals surface area contributed by atoms with Gasteiger partial charge in [0.2, 0.25) is 35.4 Å². The van der Waals surface area contributed by atoms with Crippen molar-refractivity contribution in [3.63, 3.8) is 0 Å². The number of carboxylic acids is 1. The minimum Gasteiger partial charge on any atom is -0.480 e. The number of nitrogens with zero attached hydrogens (tertiary/aromatic N) is 3. The molecule has 26 nitrogen and oxygen atoms in total. The number of guanidine groups is 3. The summed E-state index contributed by atoms with van der Waals surface area (Å²) in [5.74, 6) is -6.73. The van der Waals surface area contributed by atoms with Crippen molar-refractivity contribution in [2.45, 2.75) is 88.0 Å². The molecule has 0 aliphatic carbocycles. The molecule has 0 aliphatic heterocycles. The number of carbonyl (C=O) groups excluding carboxylic acids is 6. The summed E-state index contributed by atoms with van der Waals surface area (Å²) in [6, 6.07) is -6.29. The molecule has 0 radical (unpaired) electrons. The Bertz CT molecular complexity index is 1400. The number of carbonyl (C=O) groups is 7. The first kappa shape index (κ1) is 51.0. The molecule has 0 aromatic carbocycles. The van der Waals surface area contributed by atoms with E-state index < -0.39 is 91.3 Å². The average molecular weight is 816 g/mol. The molecular formula is C31H61N17O9. The van der Waals surface area contributed by atoms with Crippen LogP contribution in [0.2, 0.25) is 0 Å². The molecule has 0 aliphatic rings. The second-order valence-corrected chi connectivity index (χ2v) is 12.6. The fraction of sp³-hybridized carbons (Fsp3) is 0.677. The molecule has 0 unspecified atom stereocenters. The molecule has 0 saturated carbocycles. The van der Waals surface area contributed by atoms with E-state index in [0.29, 0.717) is 25.8 Å². The Labute approximate surface area is 329 Å². The van der Waals surface area contributed by atoms with Gasteiger partial charge in [-0.05, 0) is 64.3 Å². The maximum atomic E-state index is 13.2. The van der Waals surface area contributed by atoms with Crippen molar-refractivity contribution in [2.75, 3.05) is 45.9 Å². The minimum atomic E-state index is -1.56. The normalized spacial score (nSPS) is 13.2. The molecule has 0 saturated heterocycles. The van der Waals surface area contributed by atoms with E-state index in [1.807, 2.05) is 0 Å². The van der Waals surface area contributed by atoms with E-state index in [2.05, 4.69) is 46.9 Å². The van der Waals surface area contributed by atoms with Crippen molar-refractivity contribution < 1.29 is 43.8 Å². The monoisotopic (exact) mass is 815 g/mol. The summed E-state index contributed by atoms with van der Waals surface area (Å²) in [5.41, 5.74) is 43.3. The van der Waals surface area contributed by atoms with Crippen molar-refractivity contribution in [3.05, 3.63) is 0 Å². The molecule has 57 heavy (non-hydrogen) atoms. The van der Waals surface area contributed by atoms with Gasteiger partial charge < -0.3 is 88.0 Å². The molecule has 0 aromatic heterocycles. The van der Waals surface area contributed by atoms with Crippen LogP contribution < -0.4 is 77.8 Å². The lowest BCUT2D eigenvalue weighted by molar-refractivity contribution is -0.142. The number of amides is 6. The lowest BCUT2D eigenvalue weighted by Gasteiger charge is -2.23. The Morgan fingerprint density at radius 2 is 0.947 bits per heavy atom. The number of aliphatic imine (C=N–C) groups is 3. The van der Waals surface area contributed by atoms with Crippen LogP contribution in [0.25, 0.3) is 0 Å².